The summed E-state index contributed by atoms with van der Waals surface area (Å²) in [5.41, 5.74) is 2.67. The maximum atomic E-state index is 14.9. The van der Waals surface area contributed by atoms with Gasteiger partial charge >= 0.3 is 0 Å². The summed E-state index contributed by atoms with van der Waals surface area (Å²) >= 11 is 0. The molecule has 0 saturated heterocycles. The van der Waals surface area contributed by atoms with Crippen molar-refractivity contribution in [2.24, 2.45) is 0 Å². The minimum absolute atomic E-state index is 0.248. The van der Waals surface area contributed by atoms with Crippen molar-refractivity contribution in [3.8, 4) is 0 Å². The van der Waals surface area contributed by atoms with Crippen LogP contribution in [0, 0.1) is 0 Å². The van der Waals surface area contributed by atoms with Gasteiger partial charge in [-0.1, -0.05) is 18.2 Å². The number of nitrogens with zero attached hydrogens (tertiary/aromatic N) is 3. The maximum Gasteiger partial charge on any atom is 0.256 e. The van der Waals surface area contributed by atoms with Gasteiger partial charge in [0.05, 0.1) is 5.69 Å². The molecule has 1 aromatic carbocycles. The van der Waals surface area contributed by atoms with Gasteiger partial charge in [-0.2, -0.15) is 4.98 Å². The number of benzene rings is 1. The van der Waals surface area contributed by atoms with Gasteiger partial charge in [-0.25, -0.2) is 14.4 Å². The van der Waals surface area contributed by atoms with Crippen molar-refractivity contribution in [3.05, 3.63) is 77.6 Å². The quantitative estimate of drug-likeness (QED) is 0.362. The number of halogens is 1. The molecular formula is C26H28FN7O. The third-order valence-electron chi connectivity index (χ3n) is 6.39. The first kappa shape index (κ1) is 22.9. The van der Waals surface area contributed by atoms with E-state index < -0.39 is 5.67 Å². The highest BCUT2D eigenvalue weighted by molar-refractivity contribution is 5.99. The highest BCUT2D eigenvalue weighted by Crippen LogP contribution is 2.44. The first-order chi connectivity index (χ1) is 17.0. The molecule has 1 aliphatic heterocycles. The number of nitrogens with one attached hydrogen (secondary N) is 4. The molecule has 4 N–H and O–H groups in total. The molecule has 2 aromatic heterocycles. The van der Waals surface area contributed by atoms with E-state index in [1.807, 2.05) is 6.07 Å². The van der Waals surface area contributed by atoms with E-state index in [-0.39, 0.29) is 17.3 Å². The van der Waals surface area contributed by atoms with Crippen LogP contribution < -0.4 is 21.3 Å². The van der Waals surface area contributed by atoms with Crippen LogP contribution in [0.4, 0.5) is 27.7 Å². The first-order valence-corrected chi connectivity index (χ1v) is 11.8. The molecule has 0 unspecified atom stereocenters. The number of alkyl halides is 1. The second-order valence-corrected chi connectivity index (χ2v) is 8.84. The molecule has 1 amide bonds. The Bertz CT molecular complexity index is 1260. The number of amides is 1. The number of pyridine rings is 1. The molecule has 0 bridgehead atoms. The average Bonchev–Trinajstić information content (AvgIpc) is 2.86. The summed E-state index contributed by atoms with van der Waals surface area (Å²) in [4.78, 5) is 26.1. The Labute approximate surface area is 203 Å². The Morgan fingerprint density at radius 1 is 1.17 bits per heavy atom. The van der Waals surface area contributed by atoms with E-state index in [0.717, 1.165) is 31.6 Å². The summed E-state index contributed by atoms with van der Waals surface area (Å²) < 4.78 is 14.9. The van der Waals surface area contributed by atoms with Crippen LogP contribution in [0.5, 0.6) is 0 Å². The fourth-order valence-electron chi connectivity index (χ4n) is 4.27. The minimum atomic E-state index is -1.39. The Hall–Kier alpha value is -3.85. The molecule has 180 valence electrons. The lowest BCUT2D eigenvalue weighted by Gasteiger charge is -2.33. The molecule has 35 heavy (non-hydrogen) atoms. The van der Waals surface area contributed by atoms with Crippen LogP contribution in [0.3, 0.4) is 0 Å². The maximum absolute atomic E-state index is 14.9. The zero-order chi connectivity index (χ0) is 24.3. The molecule has 8 nitrogen and oxygen atoms in total. The van der Waals surface area contributed by atoms with Crippen molar-refractivity contribution in [1.29, 1.82) is 0 Å². The average molecular weight is 474 g/mol. The lowest BCUT2D eigenvalue weighted by atomic mass is 9.79. The molecule has 0 spiro atoms. The number of carbonyl (C=O) groups is 1. The summed E-state index contributed by atoms with van der Waals surface area (Å²) in [5.74, 6) is 0.660. The van der Waals surface area contributed by atoms with Gasteiger partial charge in [0.2, 0.25) is 5.95 Å². The molecule has 9 heteroatoms. The van der Waals surface area contributed by atoms with Crippen LogP contribution in [0.25, 0.3) is 0 Å². The summed E-state index contributed by atoms with van der Waals surface area (Å²) in [6, 6.07) is 11.4. The zero-order valence-electron chi connectivity index (χ0n) is 19.4. The number of hydrogen-bond donors (Lipinski definition) is 4. The number of fused-ring (bicyclic) bond motifs is 1. The van der Waals surface area contributed by atoms with Crippen LogP contribution >= 0.6 is 0 Å². The predicted molar refractivity (Wildman–Crippen MR) is 134 cm³/mol. The Morgan fingerprint density at radius 2 is 2.06 bits per heavy atom. The summed E-state index contributed by atoms with van der Waals surface area (Å²) in [7, 11) is 0. The topological polar surface area (TPSA) is 104 Å². The van der Waals surface area contributed by atoms with E-state index in [4.69, 9.17) is 0 Å². The Kier molecular flexibility index (Phi) is 6.41. The molecule has 3 aromatic rings. The smallest absolute Gasteiger partial charge is 0.256 e. The Morgan fingerprint density at radius 3 is 2.86 bits per heavy atom. The molecule has 0 radical (unpaired) electrons. The molecule has 3 heterocycles. The summed E-state index contributed by atoms with van der Waals surface area (Å²) in [6.07, 6.45) is 5.84. The van der Waals surface area contributed by atoms with Gasteiger partial charge in [0.1, 0.15) is 17.2 Å². The zero-order valence-corrected chi connectivity index (χ0v) is 19.4. The van der Waals surface area contributed by atoms with Crippen molar-refractivity contribution < 1.29 is 9.18 Å². The van der Waals surface area contributed by atoms with Gasteiger partial charge in [0.15, 0.2) is 5.67 Å². The lowest BCUT2D eigenvalue weighted by molar-refractivity contribution is 0.0561. The van der Waals surface area contributed by atoms with Crippen LogP contribution in [-0.2, 0) is 18.6 Å². The normalized spacial score (nSPS) is 15.9. The molecule has 5 rings (SSSR count). The van der Waals surface area contributed by atoms with Gasteiger partial charge in [-0.3, -0.25) is 4.79 Å². The van der Waals surface area contributed by atoms with Crippen molar-refractivity contribution in [2.75, 3.05) is 23.7 Å². The van der Waals surface area contributed by atoms with Crippen LogP contribution in [-0.4, -0.2) is 33.9 Å². The third kappa shape index (κ3) is 5.00. The van der Waals surface area contributed by atoms with Crippen LogP contribution in [0.2, 0.25) is 0 Å². The van der Waals surface area contributed by atoms with Crippen LogP contribution in [0.15, 0.2) is 55.3 Å². The summed E-state index contributed by atoms with van der Waals surface area (Å²) in [6.45, 7) is 5.73. The largest absolute Gasteiger partial charge is 0.348 e. The third-order valence-corrected chi connectivity index (χ3v) is 6.39. The van der Waals surface area contributed by atoms with Crippen molar-refractivity contribution >= 4 is 29.2 Å². The fourth-order valence-corrected chi connectivity index (χ4v) is 4.27. The number of aromatic nitrogens is 3. The second-order valence-electron chi connectivity index (χ2n) is 8.84. The SMILES string of the molecule is C=CCNC(=O)c1cnc(Nc2ccc3c(c2)CNCC3)nc1Nc1cccc(C2(F)CCC2)n1. The van der Waals surface area contributed by atoms with E-state index in [2.05, 4.69) is 54.9 Å². The molecule has 1 saturated carbocycles. The number of rotatable bonds is 8. The monoisotopic (exact) mass is 473 g/mol. The van der Waals surface area contributed by atoms with Gasteiger partial charge < -0.3 is 21.3 Å². The molecular weight excluding hydrogens is 445 g/mol. The predicted octanol–water partition coefficient (Wildman–Crippen LogP) is 4.27. The van der Waals surface area contributed by atoms with Gasteiger partial charge in [0.25, 0.3) is 5.91 Å². The van der Waals surface area contributed by atoms with Crippen molar-refractivity contribution in [1.82, 2.24) is 25.6 Å². The van der Waals surface area contributed by atoms with Gasteiger partial charge in [0, 0.05) is 25.0 Å². The van der Waals surface area contributed by atoms with E-state index >= 15 is 0 Å². The van der Waals surface area contributed by atoms with E-state index in [9.17, 15) is 9.18 Å². The van der Waals surface area contributed by atoms with E-state index in [1.54, 1.807) is 24.3 Å². The molecule has 1 fully saturated rings. The number of hydrogen-bond acceptors (Lipinski definition) is 7. The molecule has 0 atom stereocenters. The molecule has 2 aliphatic rings. The van der Waals surface area contributed by atoms with E-state index in [1.165, 1.54) is 17.3 Å². The highest BCUT2D eigenvalue weighted by Gasteiger charge is 2.40. The van der Waals surface area contributed by atoms with Crippen molar-refractivity contribution in [3.63, 3.8) is 0 Å². The van der Waals surface area contributed by atoms with Crippen molar-refractivity contribution in [2.45, 2.75) is 37.9 Å². The standard InChI is InChI=1S/C26H28FN7O/c1-2-12-29-24(35)20-16-30-25(31-19-8-7-17-9-13-28-15-18(17)14-19)34-23(20)33-22-6-3-5-21(32-22)26(27)10-4-11-26/h2-3,5-8,14,16,28H,1,4,9-13,15H2,(H,29,35)(H2,30,31,32,33,34). The molecule has 1 aliphatic carbocycles. The second kappa shape index (κ2) is 9.79. The number of anilines is 4. The highest BCUT2D eigenvalue weighted by atomic mass is 19.1. The number of carbonyl (C=O) groups excluding carboxylic acids is 1. The fraction of sp³-hybridized carbons (Fsp3) is 0.308. The van der Waals surface area contributed by atoms with Crippen LogP contribution in [0.1, 0.15) is 46.4 Å². The Balaban J connectivity index is 1.43. The van der Waals surface area contributed by atoms with Gasteiger partial charge in [-0.05, 0) is 67.6 Å². The van der Waals surface area contributed by atoms with Gasteiger partial charge in [-0.15, -0.1) is 6.58 Å². The lowest BCUT2D eigenvalue weighted by Crippen LogP contribution is -2.30. The first-order valence-electron chi connectivity index (χ1n) is 11.8. The van der Waals surface area contributed by atoms with E-state index in [0.29, 0.717) is 36.8 Å². The minimum Gasteiger partial charge on any atom is -0.348 e. The summed E-state index contributed by atoms with van der Waals surface area (Å²) in [5, 5.41) is 12.4.